The zero-order chi connectivity index (χ0) is 17.9. The number of imidazole rings is 1. The predicted octanol–water partition coefficient (Wildman–Crippen LogP) is 2.71. The summed E-state index contributed by atoms with van der Waals surface area (Å²) in [6.45, 7) is 0.696. The third-order valence-corrected chi connectivity index (χ3v) is 4.59. The fourth-order valence-corrected chi connectivity index (χ4v) is 3.30. The van der Waals surface area contributed by atoms with E-state index in [-0.39, 0.29) is 24.2 Å². The highest BCUT2D eigenvalue weighted by atomic mass is 19.1. The molecule has 1 saturated heterocycles. The normalized spacial score (nSPS) is 16.8. The van der Waals surface area contributed by atoms with Crippen molar-refractivity contribution in [3.8, 4) is 5.82 Å². The average Bonchev–Trinajstić information content (AvgIpc) is 3.36. The Morgan fingerprint density at radius 3 is 2.81 bits per heavy atom. The Balaban J connectivity index is 1.54. The fraction of sp³-hybridized carbons (Fsp3) is 0.263. The van der Waals surface area contributed by atoms with Gasteiger partial charge in [-0.2, -0.15) is 0 Å². The topological polar surface area (TPSA) is 63.9 Å². The molecule has 0 N–H and O–H groups in total. The van der Waals surface area contributed by atoms with Crippen LogP contribution in [0.2, 0.25) is 0 Å². The van der Waals surface area contributed by atoms with E-state index in [1.807, 2.05) is 4.90 Å². The number of benzene rings is 1. The molecule has 1 fully saturated rings. The molecule has 1 aliphatic heterocycles. The first-order chi connectivity index (χ1) is 12.7. The van der Waals surface area contributed by atoms with E-state index >= 15 is 0 Å². The molecule has 0 bridgehead atoms. The van der Waals surface area contributed by atoms with Crippen LogP contribution in [0.4, 0.5) is 4.39 Å². The molecule has 6 nitrogen and oxygen atoms in total. The van der Waals surface area contributed by atoms with Crippen LogP contribution in [0.1, 0.15) is 30.1 Å². The molecule has 2 aromatic heterocycles. The van der Waals surface area contributed by atoms with Gasteiger partial charge in [0, 0.05) is 18.9 Å². The lowest BCUT2D eigenvalue weighted by atomic mass is 10.1. The van der Waals surface area contributed by atoms with Crippen molar-refractivity contribution < 1.29 is 9.18 Å². The third-order valence-electron chi connectivity index (χ3n) is 4.59. The Labute approximate surface area is 150 Å². The van der Waals surface area contributed by atoms with Crippen molar-refractivity contribution in [2.75, 3.05) is 6.54 Å². The number of likely N-dealkylation sites (tertiary alicyclic amines) is 1. The van der Waals surface area contributed by atoms with Crippen LogP contribution < -0.4 is 0 Å². The van der Waals surface area contributed by atoms with E-state index in [1.54, 1.807) is 47.8 Å². The van der Waals surface area contributed by atoms with Gasteiger partial charge in [-0.3, -0.25) is 14.3 Å². The van der Waals surface area contributed by atoms with Crippen LogP contribution in [0.15, 0.2) is 55.4 Å². The fourth-order valence-electron chi connectivity index (χ4n) is 3.30. The molecule has 1 amide bonds. The number of halogens is 1. The van der Waals surface area contributed by atoms with Crippen LogP contribution in [-0.2, 0) is 11.2 Å². The molecule has 0 aliphatic carbocycles. The maximum absolute atomic E-state index is 13.0. The van der Waals surface area contributed by atoms with E-state index in [0.717, 1.165) is 24.1 Å². The van der Waals surface area contributed by atoms with Gasteiger partial charge in [0.05, 0.1) is 30.6 Å². The number of aromatic nitrogens is 4. The van der Waals surface area contributed by atoms with E-state index in [9.17, 15) is 9.18 Å². The SMILES string of the molecule is O=C(Cc1ccc(F)cc1)N1CCC[C@@H]1c1cncc(-n2ccnc2)n1. The van der Waals surface area contributed by atoms with E-state index in [4.69, 9.17) is 0 Å². The number of hydrogen-bond acceptors (Lipinski definition) is 4. The van der Waals surface area contributed by atoms with Gasteiger partial charge < -0.3 is 4.90 Å². The molecule has 0 radical (unpaired) electrons. The molecule has 0 unspecified atom stereocenters. The molecule has 1 atom stereocenters. The zero-order valence-electron chi connectivity index (χ0n) is 14.1. The van der Waals surface area contributed by atoms with E-state index < -0.39 is 0 Å². The van der Waals surface area contributed by atoms with Crippen LogP contribution in [0.5, 0.6) is 0 Å². The second-order valence-electron chi connectivity index (χ2n) is 6.32. The number of amides is 1. The molecule has 3 heterocycles. The summed E-state index contributed by atoms with van der Waals surface area (Å²) in [6.07, 6.45) is 10.6. The van der Waals surface area contributed by atoms with Gasteiger partial charge in [-0.25, -0.2) is 14.4 Å². The van der Waals surface area contributed by atoms with Gasteiger partial charge in [0.15, 0.2) is 5.82 Å². The highest BCUT2D eigenvalue weighted by molar-refractivity contribution is 5.79. The Morgan fingerprint density at radius 1 is 1.19 bits per heavy atom. The summed E-state index contributed by atoms with van der Waals surface area (Å²) in [5.74, 6) is 0.401. The number of rotatable bonds is 4. The Bertz CT molecular complexity index is 895. The quantitative estimate of drug-likeness (QED) is 0.725. The molecular formula is C19H18FN5O. The van der Waals surface area contributed by atoms with Crippen LogP contribution in [0.25, 0.3) is 5.82 Å². The van der Waals surface area contributed by atoms with Gasteiger partial charge in [-0.05, 0) is 30.5 Å². The van der Waals surface area contributed by atoms with Crippen LogP contribution in [0, 0.1) is 5.82 Å². The number of nitrogens with zero attached hydrogens (tertiary/aromatic N) is 5. The minimum absolute atomic E-state index is 0.0222. The molecule has 1 aliphatic rings. The summed E-state index contributed by atoms with van der Waals surface area (Å²) >= 11 is 0. The Hall–Kier alpha value is -3.09. The van der Waals surface area contributed by atoms with Gasteiger partial charge in [-0.1, -0.05) is 12.1 Å². The smallest absolute Gasteiger partial charge is 0.227 e. The minimum atomic E-state index is -0.299. The van der Waals surface area contributed by atoms with Crippen molar-refractivity contribution in [1.82, 2.24) is 24.4 Å². The molecular weight excluding hydrogens is 333 g/mol. The van der Waals surface area contributed by atoms with Crippen molar-refractivity contribution in [2.45, 2.75) is 25.3 Å². The van der Waals surface area contributed by atoms with Gasteiger partial charge in [0.1, 0.15) is 12.1 Å². The standard InChI is InChI=1S/C19H18FN5O/c20-15-5-3-14(4-6-15)10-19(26)25-8-1-2-17(25)16-11-22-12-18(23-16)24-9-7-21-13-24/h3-7,9,11-13,17H,1-2,8,10H2/t17-/m1/s1. The van der Waals surface area contributed by atoms with Crippen molar-refractivity contribution in [3.05, 3.63) is 72.5 Å². The van der Waals surface area contributed by atoms with Crippen LogP contribution in [-0.4, -0.2) is 36.9 Å². The molecule has 132 valence electrons. The predicted molar refractivity (Wildman–Crippen MR) is 92.9 cm³/mol. The number of carbonyl (C=O) groups excluding carboxylic acids is 1. The lowest BCUT2D eigenvalue weighted by molar-refractivity contribution is -0.131. The number of hydrogen-bond donors (Lipinski definition) is 0. The maximum Gasteiger partial charge on any atom is 0.227 e. The van der Waals surface area contributed by atoms with E-state index in [1.165, 1.54) is 12.1 Å². The number of carbonyl (C=O) groups is 1. The third kappa shape index (κ3) is 3.33. The van der Waals surface area contributed by atoms with Crippen LogP contribution >= 0.6 is 0 Å². The highest BCUT2D eigenvalue weighted by Crippen LogP contribution is 2.31. The molecule has 0 saturated carbocycles. The lowest BCUT2D eigenvalue weighted by Gasteiger charge is -2.24. The van der Waals surface area contributed by atoms with E-state index in [2.05, 4.69) is 15.0 Å². The van der Waals surface area contributed by atoms with Gasteiger partial charge in [0.25, 0.3) is 0 Å². The summed E-state index contributed by atoms with van der Waals surface area (Å²) in [5.41, 5.74) is 1.58. The molecule has 26 heavy (non-hydrogen) atoms. The zero-order valence-corrected chi connectivity index (χ0v) is 14.1. The summed E-state index contributed by atoms with van der Waals surface area (Å²) < 4.78 is 14.8. The summed E-state index contributed by atoms with van der Waals surface area (Å²) in [4.78, 5) is 27.6. The van der Waals surface area contributed by atoms with Gasteiger partial charge >= 0.3 is 0 Å². The maximum atomic E-state index is 13.0. The highest BCUT2D eigenvalue weighted by Gasteiger charge is 2.31. The summed E-state index contributed by atoms with van der Waals surface area (Å²) in [6, 6.07) is 5.98. The van der Waals surface area contributed by atoms with Crippen LogP contribution in [0.3, 0.4) is 0 Å². The van der Waals surface area contributed by atoms with Crippen molar-refractivity contribution in [3.63, 3.8) is 0 Å². The molecule has 7 heteroatoms. The monoisotopic (exact) mass is 351 g/mol. The Kier molecular flexibility index (Phi) is 4.43. The molecule has 1 aromatic carbocycles. The van der Waals surface area contributed by atoms with Gasteiger partial charge in [0.2, 0.25) is 5.91 Å². The first kappa shape index (κ1) is 16.4. The average molecular weight is 351 g/mol. The molecule has 3 aromatic rings. The first-order valence-electron chi connectivity index (χ1n) is 8.55. The second-order valence-corrected chi connectivity index (χ2v) is 6.32. The largest absolute Gasteiger partial charge is 0.334 e. The lowest BCUT2D eigenvalue weighted by Crippen LogP contribution is -2.32. The minimum Gasteiger partial charge on any atom is -0.334 e. The van der Waals surface area contributed by atoms with Crippen molar-refractivity contribution >= 4 is 5.91 Å². The van der Waals surface area contributed by atoms with Gasteiger partial charge in [-0.15, -0.1) is 0 Å². The first-order valence-corrected chi connectivity index (χ1v) is 8.55. The van der Waals surface area contributed by atoms with Crippen molar-refractivity contribution in [1.29, 1.82) is 0 Å². The summed E-state index contributed by atoms with van der Waals surface area (Å²) in [5, 5.41) is 0. The summed E-state index contributed by atoms with van der Waals surface area (Å²) in [7, 11) is 0. The molecule has 4 rings (SSSR count). The second kappa shape index (κ2) is 7.03. The molecule has 0 spiro atoms. The van der Waals surface area contributed by atoms with E-state index in [0.29, 0.717) is 12.4 Å². The van der Waals surface area contributed by atoms with Crippen molar-refractivity contribution in [2.24, 2.45) is 0 Å². The Morgan fingerprint density at radius 2 is 2.04 bits per heavy atom.